The van der Waals surface area contributed by atoms with Gasteiger partial charge in [0.2, 0.25) is 0 Å². The summed E-state index contributed by atoms with van der Waals surface area (Å²) in [5.41, 5.74) is 1.22. The Balaban J connectivity index is 2.15. The van der Waals surface area contributed by atoms with Gasteiger partial charge in [0, 0.05) is 6.54 Å². The van der Waals surface area contributed by atoms with Gasteiger partial charge in [-0.2, -0.15) is 5.10 Å². The number of rotatable bonds is 10. The number of hydrogen-bond donors (Lipinski definition) is 1. The van der Waals surface area contributed by atoms with E-state index in [4.69, 9.17) is 4.74 Å². The van der Waals surface area contributed by atoms with Crippen molar-refractivity contribution in [1.82, 2.24) is 20.0 Å². The third-order valence-electron chi connectivity index (χ3n) is 4.06. The molecule has 5 nitrogen and oxygen atoms in total. The van der Waals surface area contributed by atoms with Crippen LogP contribution in [-0.2, 0) is 6.54 Å². The number of nitrogens with zero attached hydrogens (tertiary/aromatic N) is 3. The Morgan fingerprint density at radius 3 is 2.81 bits per heavy atom. The monoisotopic (exact) mass is 294 g/mol. The molecule has 1 fully saturated rings. The summed E-state index contributed by atoms with van der Waals surface area (Å²) in [5, 5.41) is 8.23. The zero-order valence-electron chi connectivity index (χ0n) is 13.9. The summed E-state index contributed by atoms with van der Waals surface area (Å²) >= 11 is 0. The molecule has 0 aliphatic heterocycles. The number of nitrogens with one attached hydrogen (secondary N) is 1. The Hall–Kier alpha value is -1.07. The van der Waals surface area contributed by atoms with Crippen molar-refractivity contribution in [3.63, 3.8) is 0 Å². The fraction of sp³-hybridized carbons (Fsp3) is 0.812. The van der Waals surface area contributed by atoms with E-state index in [0.29, 0.717) is 6.04 Å². The molecule has 1 atom stereocenters. The van der Waals surface area contributed by atoms with Gasteiger partial charge in [-0.25, -0.2) is 0 Å². The van der Waals surface area contributed by atoms with Crippen LogP contribution >= 0.6 is 0 Å². The summed E-state index contributed by atoms with van der Waals surface area (Å²) in [4.78, 5) is 2.19. The first-order chi connectivity index (χ1) is 10.2. The van der Waals surface area contributed by atoms with Crippen LogP contribution < -0.4 is 10.1 Å². The zero-order chi connectivity index (χ0) is 15.2. The van der Waals surface area contributed by atoms with Crippen molar-refractivity contribution in [3.05, 3.63) is 11.9 Å². The van der Waals surface area contributed by atoms with Crippen molar-refractivity contribution < 1.29 is 4.74 Å². The third kappa shape index (κ3) is 4.71. The van der Waals surface area contributed by atoms with Crippen molar-refractivity contribution in [1.29, 1.82) is 0 Å². The van der Waals surface area contributed by atoms with E-state index in [2.05, 4.69) is 41.0 Å². The highest BCUT2D eigenvalue weighted by molar-refractivity contribution is 5.28. The Labute approximate surface area is 128 Å². The maximum absolute atomic E-state index is 5.56. The van der Waals surface area contributed by atoms with Crippen molar-refractivity contribution >= 4 is 0 Å². The molecule has 1 heterocycles. The van der Waals surface area contributed by atoms with Crippen LogP contribution in [-0.4, -0.2) is 49.0 Å². The number of likely N-dealkylation sites (N-methyl/N-ethyl adjacent to an activating group) is 1. The van der Waals surface area contributed by atoms with Gasteiger partial charge in [-0.3, -0.25) is 4.68 Å². The topological polar surface area (TPSA) is 42.3 Å². The number of methoxy groups -OCH3 is 1. The molecule has 1 aromatic heterocycles. The predicted octanol–water partition coefficient (Wildman–Crippen LogP) is 2.29. The van der Waals surface area contributed by atoms with Crippen LogP contribution in [0.4, 0.5) is 0 Å². The molecule has 1 N–H and O–H groups in total. The van der Waals surface area contributed by atoms with Crippen molar-refractivity contribution in [3.8, 4) is 5.75 Å². The third-order valence-corrected chi connectivity index (χ3v) is 4.06. The summed E-state index contributed by atoms with van der Waals surface area (Å²) in [6.45, 7) is 5.14. The van der Waals surface area contributed by atoms with Crippen LogP contribution in [0.15, 0.2) is 6.20 Å². The molecule has 0 amide bonds. The van der Waals surface area contributed by atoms with Crippen molar-refractivity contribution in [2.75, 3.05) is 34.3 Å². The second-order valence-electron chi connectivity index (χ2n) is 6.31. The van der Waals surface area contributed by atoms with E-state index in [1.165, 1.54) is 25.0 Å². The van der Waals surface area contributed by atoms with Crippen LogP contribution in [0.5, 0.6) is 5.75 Å². The molecule has 1 aliphatic rings. The molecular weight excluding hydrogens is 264 g/mol. The minimum absolute atomic E-state index is 0.358. The summed E-state index contributed by atoms with van der Waals surface area (Å²) < 4.78 is 7.68. The summed E-state index contributed by atoms with van der Waals surface area (Å²) in [7, 11) is 5.93. The van der Waals surface area contributed by atoms with Gasteiger partial charge in [0.15, 0.2) is 5.75 Å². The number of aromatic nitrogens is 2. The standard InChI is InChI=1S/C16H30N4O/c1-5-8-17-14(11-13-6-7-13)16-15(21-4)12-18-20(16)10-9-19(2)3/h12-14,17H,5-11H2,1-4H3. The molecule has 1 saturated carbocycles. The second-order valence-corrected chi connectivity index (χ2v) is 6.31. The SMILES string of the molecule is CCCNC(CC1CC1)c1c(OC)cnn1CCN(C)C. The fourth-order valence-corrected chi connectivity index (χ4v) is 2.66. The molecule has 0 aromatic carbocycles. The molecule has 1 aliphatic carbocycles. The van der Waals surface area contributed by atoms with Gasteiger partial charge in [-0.05, 0) is 39.4 Å². The van der Waals surface area contributed by atoms with Crippen LogP contribution in [0, 0.1) is 5.92 Å². The maximum atomic E-state index is 5.56. The second kappa shape index (κ2) is 7.80. The fourth-order valence-electron chi connectivity index (χ4n) is 2.66. The number of hydrogen-bond acceptors (Lipinski definition) is 4. The first-order valence-electron chi connectivity index (χ1n) is 8.13. The lowest BCUT2D eigenvalue weighted by Crippen LogP contribution is -2.27. The lowest BCUT2D eigenvalue weighted by molar-refractivity contribution is 0.347. The summed E-state index contributed by atoms with van der Waals surface area (Å²) in [6.07, 6.45) is 6.95. The van der Waals surface area contributed by atoms with Gasteiger partial charge in [-0.1, -0.05) is 19.8 Å². The van der Waals surface area contributed by atoms with E-state index >= 15 is 0 Å². The molecule has 5 heteroatoms. The highest BCUT2D eigenvalue weighted by Crippen LogP contribution is 2.39. The quantitative estimate of drug-likeness (QED) is 0.719. The Morgan fingerprint density at radius 1 is 1.48 bits per heavy atom. The molecule has 21 heavy (non-hydrogen) atoms. The van der Waals surface area contributed by atoms with E-state index < -0.39 is 0 Å². The molecule has 0 radical (unpaired) electrons. The first kappa shape index (κ1) is 16.3. The van der Waals surface area contributed by atoms with E-state index in [0.717, 1.165) is 37.7 Å². The Bertz CT molecular complexity index is 426. The first-order valence-corrected chi connectivity index (χ1v) is 8.13. The van der Waals surface area contributed by atoms with Gasteiger partial charge in [-0.15, -0.1) is 0 Å². The van der Waals surface area contributed by atoms with Gasteiger partial charge >= 0.3 is 0 Å². The molecule has 0 bridgehead atoms. The van der Waals surface area contributed by atoms with Gasteiger partial charge in [0.05, 0.1) is 31.6 Å². The van der Waals surface area contributed by atoms with Gasteiger partial charge in [0.25, 0.3) is 0 Å². The highest BCUT2D eigenvalue weighted by atomic mass is 16.5. The smallest absolute Gasteiger partial charge is 0.161 e. The molecule has 0 saturated heterocycles. The largest absolute Gasteiger partial charge is 0.493 e. The number of ether oxygens (including phenoxy) is 1. The lowest BCUT2D eigenvalue weighted by atomic mass is 10.1. The van der Waals surface area contributed by atoms with Gasteiger partial charge in [0.1, 0.15) is 0 Å². The van der Waals surface area contributed by atoms with E-state index in [1.807, 2.05) is 6.20 Å². The molecule has 2 rings (SSSR count). The Morgan fingerprint density at radius 2 is 2.24 bits per heavy atom. The van der Waals surface area contributed by atoms with Crippen molar-refractivity contribution in [2.45, 2.75) is 45.2 Å². The summed E-state index contributed by atoms with van der Waals surface area (Å²) in [5.74, 6) is 1.80. The molecular formula is C16H30N4O. The van der Waals surface area contributed by atoms with E-state index in [1.54, 1.807) is 7.11 Å². The van der Waals surface area contributed by atoms with E-state index in [-0.39, 0.29) is 0 Å². The maximum Gasteiger partial charge on any atom is 0.161 e. The molecule has 1 unspecified atom stereocenters. The molecule has 1 aromatic rings. The highest BCUT2D eigenvalue weighted by Gasteiger charge is 2.29. The van der Waals surface area contributed by atoms with Gasteiger partial charge < -0.3 is 15.0 Å². The van der Waals surface area contributed by atoms with Crippen molar-refractivity contribution in [2.24, 2.45) is 5.92 Å². The minimum atomic E-state index is 0.358. The van der Waals surface area contributed by atoms with E-state index in [9.17, 15) is 0 Å². The Kier molecular flexibility index (Phi) is 6.06. The molecule has 120 valence electrons. The average Bonchev–Trinajstić information content (AvgIpc) is 3.18. The minimum Gasteiger partial charge on any atom is -0.493 e. The average molecular weight is 294 g/mol. The van der Waals surface area contributed by atoms with Crippen LogP contribution in [0.25, 0.3) is 0 Å². The van der Waals surface area contributed by atoms with Crippen LogP contribution in [0.3, 0.4) is 0 Å². The lowest BCUT2D eigenvalue weighted by Gasteiger charge is -2.22. The molecule has 0 spiro atoms. The summed E-state index contributed by atoms with van der Waals surface area (Å²) in [6, 6.07) is 0.358. The predicted molar refractivity (Wildman–Crippen MR) is 85.7 cm³/mol. The van der Waals surface area contributed by atoms with Crippen LogP contribution in [0.2, 0.25) is 0 Å². The van der Waals surface area contributed by atoms with Crippen LogP contribution in [0.1, 0.15) is 44.3 Å². The normalized spacial score (nSPS) is 16.4. The zero-order valence-corrected chi connectivity index (χ0v) is 13.9.